The van der Waals surface area contributed by atoms with Gasteiger partial charge in [0.1, 0.15) is 6.04 Å². The fourth-order valence-corrected chi connectivity index (χ4v) is 6.58. The van der Waals surface area contributed by atoms with Gasteiger partial charge in [0.05, 0.1) is 17.4 Å². The van der Waals surface area contributed by atoms with Gasteiger partial charge in [-0.05, 0) is 72.1 Å². The molecule has 2 aromatic heterocycles. The molecule has 2 aliphatic heterocycles. The average molecular weight is 481 g/mol. The van der Waals surface area contributed by atoms with Crippen LogP contribution in [0, 0.1) is 13.8 Å². The smallest absolute Gasteiger partial charge is 0.160 e. The van der Waals surface area contributed by atoms with Gasteiger partial charge in [0, 0.05) is 33.9 Å². The number of amidine groups is 1. The first kappa shape index (κ1) is 19.9. The van der Waals surface area contributed by atoms with Crippen LogP contribution in [-0.2, 0) is 0 Å². The first-order valence-electron chi connectivity index (χ1n) is 10.4. The van der Waals surface area contributed by atoms with Crippen LogP contribution < -0.4 is 0 Å². The number of benzene rings is 1. The summed E-state index contributed by atoms with van der Waals surface area (Å²) in [6, 6.07) is 17.6. The third kappa shape index (κ3) is 3.12. The van der Waals surface area contributed by atoms with E-state index in [0.717, 1.165) is 22.3 Å². The van der Waals surface area contributed by atoms with Gasteiger partial charge < -0.3 is 9.47 Å². The molecule has 3 aromatic rings. The fourth-order valence-electron chi connectivity index (χ4n) is 4.78. The van der Waals surface area contributed by atoms with E-state index in [1.807, 2.05) is 24.0 Å². The van der Waals surface area contributed by atoms with Gasteiger partial charge in [-0.1, -0.05) is 36.9 Å². The van der Waals surface area contributed by atoms with Crippen molar-refractivity contribution in [3.05, 3.63) is 81.8 Å². The molecule has 30 heavy (non-hydrogen) atoms. The van der Waals surface area contributed by atoms with E-state index >= 15 is 0 Å². The summed E-state index contributed by atoms with van der Waals surface area (Å²) in [4.78, 5) is 12.4. The second-order valence-electron chi connectivity index (χ2n) is 7.95. The lowest BCUT2D eigenvalue weighted by atomic mass is 9.95. The number of thioether (sulfide) groups is 1. The molecular weight excluding hydrogens is 456 g/mol. The summed E-state index contributed by atoms with van der Waals surface area (Å²) in [6.07, 6.45) is 3.01. The zero-order valence-electron chi connectivity index (χ0n) is 17.4. The van der Waals surface area contributed by atoms with Crippen molar-refractivity contribution < 1.29 is 0 Å². The van der Waals surface area contributed by atoms with E-state index in [4.69, 9.17) is 4.99 Å². The van der Waals surface area contributed by atoms with E-state index in [0.29, 0.717) is 6.04 Å². The van der Waals surface area contributed by atoms with Gasteiger partial charge in [-0.25, -0.2) is 0 Å². The molecule has 0 N–H and O–H groups in total. The number of halogens is 1. The molecule has 154 valence electrons. The van der Waals surface area contributed by atoms with Gasteiger partial charge in [0.15, 0.2) is 5.17 Å². The maximum absolute atomic E-state index is 5.17. The van der Waals surface area contributed by atoms with Crippen LogP contribution in [-0.4, -0.2) is 31.4 Å². The summed E-state index contributed by atoms with van der Waals surface area (Å²) >= 11 is 5.63. The minimum atomic E-state index is 0.0243. The molecular formula is C24H25BrN4S. The highest BCUT2D eigenvalue weighted by Crippen LogP contribution is 2.50. The lowest BCUT2D eigenvalue weighted by molar-refractivity contribution is 0.254. The summed E-state index contributed by atoms with van der Waals surface area (Å²) in [7, 11) is 0. The van der Waals surface area contributed by atoms with Gasteiger partial charge >= 0.3 is 0 Å². The minimum absolute atomic E-state index is 0.0243. The van der Waals surface area contributed by atoms with Crippen LogP contribution in [0.1, 0.15) is 48.1 Å². The van der Waals surface area contributed by atoms with Crippen LogP contribution >= 0.6 is 27.7 Å². The highest BCUT2D eigenvalue weighted by molar-refractivity contribution is 9.10. The highest BCUT2D eigenvalue weighted by Gasteiger charge is 2.46. The van der Waals surface area contributed by atoms with E-state index in [2.05, 4.69) is 93.6 Å². The Morgan fingerprint density at radius 3 is 2.67 bits per heavy atom. The number of aliphatic imine (C=N–C) groups is 1. The number of nitrogens with zero attached hydrogens (tertiary/aromatic N) is 4. The lowest BCUT2D eigenvalue weighted by Gasteiger charge is -2.32. The van der Waals surface area contributed by atoms with Crippen LogP contribution in [0.3, 0.4) is 0 Å². The molecule has 5 rings (SSSR count). The predicted octanol–water partition coefficient (Wildman–Crippen LogP) is 6.23. The third-order valence-corrected chi connectivity index (χ3v) is 8.01. The van der Waals surface area contributed by atoms with E-state index in [1.54, 1.807) is 0 Å². The average Bonchev–Trinajstić information content (AvgIpc) is 3.41. The van der Waals surface area contributed by atoms with Crippen LogP contribution in [0.15, 0.2) is 64.2 Å². The zero-order chi connectivity index (χ0) is 20.8. The molecule has 1 fully saturated rings. The Labute approximate surface area is 190 Å². The number of rotatable bonds is 4. The van der Waals surface area contributed by atoms with E-state index < -0.39 is 0 Å². The van der Waals surface area contributed by atoms with E-state index in [9.17, 15) is 0 Å². The number of hydrogen-bond acceptors (Lipinski definition) is 4. The highest BCUT2D eigenvalue weighted by atomic mass is 79.9. The summed E-state index contributed by atoms with van der Waals surface area (Å²) in [5.41, 5.74) is 6.08. The van der Waals surface area contributed by atoms with Gasteiger partial charge in [-0.2, -0.15) is 0 Å². The Bertz CT molecular complexity index is 1110. The molecule has 0 spiro atoms. The van der Waals surface area contributed by atoms with Crippen LogP contribution in [0.2, 0.25) is 0 Å². The molecule has 1 aromatic carbocycles. The van der Waals surface area contributed by atoms with Crippen LogP contribution in [0.4, 0.5) is 0 Å². The number of fused-ring (bicyclic) bond motifs is 1. The molecule has 0 radical (unpaired) electrons. The monoisotopic (exact) mass is 480 g/mol. The number of para-hydroxylation sites is 1. The topological polar surface area (TPSA) is 33.4 Å². The lowest BCUT2D eigenvalue weighted by Crippen LogP contribution is -2.35. The second kappa shape index (κ2) is 7.89. The minimum Gasteiger partial charge on any atom is -0.338 e. The van der Waals surface area contributed by atoms with Crippen molar-refractivity contribution in [2.75, 3.05) is 5.75 Å². The number of aryl methyl sites for hydroxylation is 1. The van der Waals surface area contributed by atoms with E-state index in [-0.39, 0.29) is 12.1 Å². The van der Waals surface area contributed by atoms with Gasteiger partial charge in [-0.3, -0.25) is 9.98 Å². The summed E-state index contributed by atoms with van der Waals surface area (Å²) in [5.74, 6) is 1.11. The predicted molar refractivity (Wildman–Crippen MR) is 128 cm³/mol. The van der Waals surface area contributed by atoms with Crippen LogP contribution in [0.5, 0.6) is 0 Å². The maximum atomic E-state index is 5.17. The molecule has 4 nitrogen and oxygen atoms in total. The maximum Gasteiger partial charge on any atom is 0.160 e. The van der Waals surface area contributed by atoms with Gasteiger partial charge in [0.2, 0.25) is 0 Å². The molecule has 2 aliphatic rings. The van der Waals surface area contributed by atoms with Gasteiger partial charge in [-0.15, -0.1) is 0 Å². The number of aromatic nitrogens is 2. The Kier molecular flexibility index (Phi) is 5.23. The Morgan fingerprint density at radius 2 is 1.93 bits per heavy atom. The molecule has 3 atom stereocenters. The van der Waals surface area contributed by atoms with Gasteiger partial charge in [0.25, 0.3) is 0 Å². The van der Waals surface area contributed by atoms with Crippen molar-refractivity contribution in [1.29, 1.82) is 0 Å². The standard InChI is InChI=1S/C24H25BrN4S/c1-4-17-14-30-24-27-22(20-10-7-8-12-26-20)23(29(17)24)18-13-15(2)28(16(18)3)21-11-6-5-9-19(21)25/h5-13,17,22-23H,4,14H2,1-3H3/t17-,22+,23-/m1/s1. The number of pyridine rings is 1. The van der Waals surface area contributed by atoms with Crippen molar-refractivity contribution >= 4 is 32.9 Å². The first-order chi connectivity index (χ1) is 14.6. The Hall–Kier alpha value is -2.05. The zero-order valence-corrected chi connectivity index (χ0v) is 19.8. The molecule has 1 saturated heterocycles. The Morgan fingerprint density at radius 1 is 1.13 bits per heavy atom. The van der Waals surface area contributed by atoms with Crippen molar-refractivity contribution in [2.24, 2.45) is 4.99 Å². The van der Waals surface area contributed by atoms with Crippen molar-refractivity contribution in [2.45, 2.75) is 45.3 Å². The quantitative estimate of drug-likeness (QED) is 0.443. The van der Waals surface area contributed by atoms with E-state index in [1.165, 1.54) is 27.8 Å². The molecule has 4 heterocycles. The molecule has 0 saturated carbocycles. The molecule has 0 amide bonds. The summed E-state index contributed by atoms with van der Waals surface area (Å²) < 4.78 is 3.46. The third-order valence-electron chi connectivity index (χ3n) is 6.21. The largest absolute Gasteiger partial charge is 0.338 e. The molecule has 0 bridgehead atoms. The molecule has 0 aliphatic carbocycles. The van der Waals surface area contributed by atoms with Crippen molar-refractivity contribution in [3.63, 3.8) is 0 Å². The van der Waals surface area contributed by atoms with Crippen molar-refractivity contribution in [3.8, 4) is 5.69 Å². The summed E-state index contributed by atoms with van der Waals surface area (Å²) in [6.45, 7) is 6.71. The second-order valence-corrected chi connectivity index (χ2v) is 9.79. The van der Waals surface area contributed by atoms with Crippen LogP contribution in [0.25, 0.3) is 5.69 Å². The SMILES string of the molecule is CC[C@@H]1CSC2=N[C@@H](c3ccccn3)[C@@H](c3cc(C)n(-c4ccccc4Br)c3C)N21. The number of hydrogen-bond donors (Lipinski definition) is 0. The molecule has 6 heteroatoms. The Balaban J connectivity index is 1.66. The summed E-state index contributed by atoms with van der Waals surface area (Å²) in [5, 5.41) is 1.17. The molecule has 0 unspecified atom stereocenters. The van der Waals surface area contributed by atoms with Crippen molar-refractivity contribution in [1.82, 2.24) is 14.5 Å². The fraction of sp³-hybridized carbons (Fsp3) is 0.333. The normalized spacial score (nSPS) is 23.0. The first-order valence-corrected chi connectivity index (χ1v) is 12.2.